The number of rotatable bonds is 8. The largest absolute Gasteiger partial charge is 0.383 e. The highest BCUT2D eigenvalue weighted by Crippen LogP contribution is 2.38. The second-order valence-corrected chi connectivity index (χ2v) is 7.48. The number of methoxy groups -OCH3 is 1. The Hall–Kier alpha value is -2.26. The number of ether oxygens (including phenoxy) is 1. The van der Waals surface area contributed by atoms with Gasteiger partial charge in [-0.05, 0) is 6.92 Å². The highest BCUT2D eigenvalue weighted by atomic mass is 32.1. The van der Waals surface area contributed by atoms with Crippen LogP contribution >= 0.6 is 11.3 Å². The van der Waals surface area contributed by atoms with E-state index in [-0.39, 0.29) is 30.2 Å². The van der Waals surface area contributed by atoms with Gasteiger partial charge < -0.3 is 15.0 Å². The number of carbonyl (C=O) groups excluding carboxylic acids is 2. The minimum Gasteiger partial charge on any atom is -0.383 e. The smallest absolute Gasteiger partial charge is 0.226 e. The van der Waals surface area contributed by atoms with E-state index in [1.807, 2.05) is 35.1 Å². The molecule has 3 rings (SSSR count). The van der Waals surface area contributed by atoms with Gasteiger partial charge in [0.15, 0.2) is 0 Å². The Labute approximate surface area is 162 Å². The maximum Gasteiger partial charge on any atom is 0.226 e. The fourth-order valence-electron chi connectivity index (χ4n) is 3.52. The van der Waals surface area contributed by atoms with Crippen LogP contribution in [-0.4, -0.2) is 58.3 Å². The van der Waals surface area contributed by atoms with E-state index in [4.69, 9.17) is 4.74 Å². The molecule has 1 saturated heterocycles. The summed E-state index contributed by atoms with van der Waals surface area (Å²) in [5.41, 5.74) is 4.53. The van der Waals surface area contributed by atoms with Crippen molar-refractivity contribution in [2.75, 3.05) is 26.8 Å². The summed E-state index contributed by atoms with van der Waals surface area (Å²) in [6.45, 7) is 3.44. The molecular weight excluding hydrogens is 366 g/mol. The summed E-state index contributed by atoms with van der Waals surface area (Å²) in [6.07, 6.45) is 2.48. The van der Waals surface area contributed by atoms with Gasteiger partial charge in [-0.25, -0.2) is 4.98 Å². The van der Waals surface area contributed by atoms with Crippen LogP contribution in [0.25, 0.3) is 0 Å². The molecule has 2 amide bonds. The fraction of sp³-hybridized carbons (Fsp3) is 0.556. The second-order valence-electron chi connectivity index (χ2n) is 6.76. The number of thiazole rings is 1. The third kappa shape index (κ3) is 4.36. The van der Waals surface area contributed by atoms with Gasteiger partial charge in [-0.3, -0.25) is 14.3 Å². The van der Waals surface area contributed by atoms with Gasteiger partial charge in [0.25, 0.3) is 0 Å². The van der Waals surface area contributed by atoms with Crippen LogP contribution in [0.3, 0.4) is 0 Å². The standard InChI is InChI=1S/C18H25N5O3S/c1-12-15(9-21-22(12)2)18-13(6-17(25)23(18)4-5-26-3)8-19-16(24)7-14-10-27-11-20-14/h9-11,13,18H,4-8H2,1-3H3,(H,19,24)/t13-,18+/m1/s1. The molecule has 0 unspecified atom stereocenters. The third-order valence-electron chi connectivity index (χ3n) is 5.05. The fourth-order valence-corrected chi connectivity index (χ4v) is 4.08. The van der Waals surface area contributed by atoms with E-state index in [1.165, 1.54) is 11.3 Å². The highest BCUT2D eigenvalue weighted by molar-refractivity contribution is 7.07. The number of likely N-dealkylation sites (tertiary alicyclic amines) is 1. The minimum atomic E-state index is -0.110. The number of nitrogens with zero attached hydrogens (tertiary/aromatic N) is 4. The lowest BCUT2D eigenvalue weighted by atomic mass is 9.93. The molecule has 1 aliphatic rings. The molecule has 27 heavy (non-hydrogen) atoms. The van der Waals surface area contributed by atoms with Crippen LogP contribution in [0.4, 0.5) is 0 Å². The Balaban J connectivity index is 1.72. The van der Waals surface area contributed by atoms with Crippen LogP contribution in [0.1, 0.15) is 29.4 Å². The second kappa shape index (κ2) is 8.62. The summed E-state index contributed by atoms with van der Waals surface area (Å²) in [6, 6.07) is -0.110. The molecule has 2 aromatic heterocycles. The lowest BCUT2D eigenvalue weighted by molar-refractivity contribution is -0.129. The van der Waals surface area contributed by atoms with Crippen LogP contribution in [0, 0.1) is 12.8 Å². The molecule has 1 fully saturated rings. The van der Waals surface area contributed by atoms with E-state index in [0.717, 1.165) is 17.0 Å². The summed E-state index contributed by atoms with van der Waals surface area (Å²) in [4.78, 5) is 30.8. The average Bonchev–Trinajstić information content (AvgIpc) is 3.33. The molecule has 1 aliphatic heterocycles. The lowest BCUT2D eigenvalue weighted by Crippen LogP contribution is -2.36. The molecule has 0 spiro atoms. The number of carbonyl (C=O) groups is 2. The van der Waals surface area contributed by atoms with Gasteiger partial charge in [0.05, 0.1) is 36.5 Å². The first-order valence-electron chi connectivity index (χ1n) is 8.92. The van der Waals surface area contributed by atoms with E-state index in [0.29, 0.717) is 26.1 Å². The zero-order valence-corrected chi connectivity index (χ0v) is 16.7. The van der Waals surface area contributed by atoms with Crippen molar-refractivity contribution in [2.45, 2.75) is 25.8 Å². The lowest BCUT2D eigenvalue weighted by Gasteiger charge is -2.28. The average molecular weight is 391 g/mol. The molecule has 0 saturated carbocycles. The van der Waals surface area contributed by atoms with Crippen LogP contribution in [0.2, 0.25) is 0 Å². The Morgan fingerprint density at radius 3 is 2.93 bits per heavy atom. The van der Waals surface area contributed by atoms with Gasteiger partial charge in [-0.1, -0.05) is 0 Å². The van der Waals surface area contributed by atoms with Crippen molar-refractivity contribution < 1.29 is 14.3 Å². The molecular formula is C18H25N5O3S. The van der Waals surface area contributed by atoms with E-state index in [9.17, 15) is 9.59 Å². The Morgan fingerprint density at radius 1 is 1.48 bits per heavy atom. The molecule has 146 valence electrons. The molecule has 1 N–H and O–H groups in total. The normalized spacial score (nSPS) is 19.7. The summed E-state index contributed by atoms with van der Waals surface area (Å²) >= 11 is 1.47. The predicted octanol–water partition coefficient (Wildman–Crippen LogP) is 1.08. The Morgan fingerprint density at radius 2 is 2.30 bits per heavy atom. The van der Waals surface area contributed by atoms with Gasteiger partial charge in [0.1, 0.15) is 0 Å². The van der Waals surface area contributed by atoms with Crippen molar-refractivity contribution in [3.63, 3.8) is 0 Å². The number of hydrogen-bond acceptors (Lipinski definition) is 6. The van der Waals surface area contributed by atoms with Crippen molar-refractivity contribution in [1.29, 1.82) is 0 Å². The number of aromatic nitrogens is 3. The highest BCUT2D eigenvalue weighted by Gasteiger charge is 2.41. The summed E-state index contributed by atoms with van der Waals surface area (Å²) in [5.74, 6) is 0.000965. The first kappa shape index (κ1) is 19.5. The summed E-state index contributed by atoms with van der Waals surface area (Å²) < 4.78 is 6.98. The maximum absolute atomic E-state index is 12.6. The van der Waals surface area contributed by atoms with E-state index in [2.05, 4.69) is 15.4 Å². The minimum absolute atomic E-state index is 0.00311. The number of hydrogen-bond donors (Lipinski definition) is 1. The van der Waals surface area contributed by atoms with Gasteiger partial charge in [-0.15, -0.1) is 11.3 Å². The van der Waals surface area contributed by atoms with Crippen molar-refractivity contribution in [1.82, 2.24) is 25.0 Å². The van der Waals surface area contributed by atoms with Crippen molar-refractivity contribution in [2.24, 2.45) is 13.0 Å². The first-order valence-corrected chi connectivity index (χ1v) is 9.86. The van der Waals surface area contributed by atoms with Crippen LogP contribution in [0.5, 0.6) is 0 Å². The first-order chi connectivity index (χ1) is 13.0. The zero-order chi connectivity index (χ0) is 19.4. The monoisotopic (exact) mass is 391 g/mol. The molecule has 0 aliphatic carbocycles. The molecule has 0 aromatic carbocycles. The molecule has 8 nitrogen and oxygen atoms in total. The molecule has 0 radical (unpaired) electrons. The van der Waals surface area contributed by atoms with Gasteiger partial charge in [0.2, 0.25) is 11.8 Å². The van der Waals surface area contributed by atoms with E-state index in [1.54, 1.807) is 12.6 Å². The predicted molar refractivity (Wildman–Crippen MR) is 101 cm³/mol. The Kier molecular flexibility index (Phi) is 6.22. The number of nitrogens with one attached hydrogen (secondary N) is 1. The zero-order valence-electron chi connectivity index (χ0n) is 15.8. The Bertz CT molecular complexity index is 789. The molecule has 0 bridgehead atoms. The van der Waals surface area contributed by atoms with E-state index >= 15 is 0 Å². The van der Waals surface area contributed by atoms with Crippen LogP contribution in [0.15, 0.2) is 17.1 Å². The van der Waals surface area contributed by atoms with E-state index < -0.39 is 0 Å². The van der Waals surface area contributed by atoms with Crippen LogP contribution < -0.4 is 5.32 Å². The summed E-state index contributed by atoms with van der Waals surface area (Å²) in [7, 11) is 3.51. The molecule has 2 aromatic rings. The summed E-state index contributed by atoms with van der Waals surface area (Å²) in [5, 5.41) is 9.18. The van der Waals surface area contributed by atoms with Crippen molar-refractivity contribution >= 4 is 23.2 Å². The number of aryl methyl sites for hydroxylation is 1. The molecule has 3 heterocycles. The topological polar surface area (TPSA) is 89.3 Å². The maximum atomic E-state index is 12.6. The molecule has 9 heteroatoms. The number of amides is 2. The van der Waals surface area contributed by atoms with Gasteiger partial charge in [-0.2, -0.15) is 5.10 Å². The quantitative estimate of drug-likeness (QED) is 0.727. The van der Waals surface area contributed by atoms with Crippen molar-refractivity contribution in [3.8, 4) is 0 Å². The third-order valence-corrected chi connectivity index (χ3v) is 5.69. The van der Waals surface area contributed by atoms with Gasteiger partial charge >= 0.3 is 0 Å². The van der Waals surface area contributed by atoms with Crippen molar-refractivity contribution in [3.05, 3.63) is 34.0 Å². The molecule has 2 atom stereocenters. The SMILES string of the molecule is COCCN1C(=O)C[C@H](CNC(=O)Cc2cscn2)[C@H]1c1cnn(C)c1C. The van der Waals surface area contributed by atoms with Crippen LogP contribution in [-0.2, 0) is 27.8 Å². The van der Waals surface area contributed by atoms with Gasteiger partial charge in [0, 0.05) is 56.2 Å².